The van der Waals surface area contributed by atoms with Crippen molar-refractivity contribution in [3.63, 3.8) is 0 Å². The first-order chi connectivity index (χ1) is 6.50. The molecule has 1 rings (SSSR count). The molecular formula is C11H22NO2+. The van der Waals surface area contributed by atoms with Crippen molar-refractivity contribution in [2.45, 2.75) is 33.3 Å². The van der Waals surface area contributed by atoms with Crippen molar-refractivity contribution >= 4 is 5.97 Å². The molecule has 1 aliphatic heterocycles. The predicted molar refractivity (Wildman–Crippen MR) is 55.8 cm³/mol. The number of rotatable bonds is 4. The van der Waals surface area contributed by atoms with Crippen LogP contribution in [0.2, 0.25) is 0 Å². The van der Waals surface area contributed by atoms with Gasteiger partial charge in [-0.3, -0.25) is 4.79 Å². The highest BCUT2D eigenvalue weighted by atomic mass is 16.5. The fourth-order valence-corrected chi connectivity index (χ4v) is 2.00. The molecule has 1 fully saturated rings. The molecule has 0 aromatic heterocycles. The Kier molecular flexibility index (Phi) is 3.53. The van der Waals surface area contributed by atoms with Gasteiger partial charge in [0, 0.05) is 6.42 Å². The van der Waals surface area contributed by atoms with E-state index in [1.54, 1.807) is 0 Å². The summed E-state index contributed by atoms with van der Waals surface area (Å²) < 4.78 is 6.12. The molecule has 0 spiro atoms. The standard InChI is InChI=1S/C11H22NO2/c1-5-12(4,6-2)8-10-7-9(3)14-11(10)13/h9-10H,5-8H2,1-4H3/q+1/t9-,10+/m0/s1. The normalized spacial score (nSPS) is 27.9. The van der Waals surface area contributed by atoms with Gasteiger partial charge < -0.3 is 9.22 Å². The van der Waals surface area contributed by atoms with Crippen molar-refractivity contribution < 1.29 is 14.0 Å². The fourth-order valence-electron chi connectivity index (χ4n) is 2.00. The summed E-state index contributed by atoms with van der Waals surface area (Å²) in [6, 6.07) is 0. The monoisotopic (exact) mass is 200 g/mol. The van der Waals surface area contributed by atoms with Gasteiger partial charge in [0.25, 0.3) is 0 Å². The van der Waals surface area contributed by atoms with Gasteiger partial charge in [0.2, 0.25) is 0 Å². The van der Waals surface area contributed by atoms with Gasteiger partial charge in [0.05, 0.1) is 26.7 Å². The number of cyclic esters (lactones) is 1. The summed E-state index contributed by atoms with van der Waals surface area (Å²) >= 11 is 0. The predicted octanol–water partition coefficient (Wildman–Crippen LogP) is 1.42. The van der Waals surface area contributed by atoms with Crippen LogP contribution in [0, 0.1) is 5.92 Å². The number of nitrogens with zero attached hydrogens (tertiary/aromatic N) is 1. The first-order valence-corrected chi connectivity index (χ1v) is 5.54. The molecule has 1 heterocycles. The SMILES string of the molecule is CC[N+](C)(CC)C[C@H]1C[C@H](C)OC1=O. The molecule has 0 radical (unpaired) electrons. The van der Waals surface area contributed by atoms with Crippen molar-refractivity contribution in [2.75, 3.05) is 26.7 Å². The topological polar surface area (TPSA) is 26.3 Å². The van der Waals surface area contributed by atoms with Crippen LogP contribution >= 0.6 is 0 Å². The Morgan fingerprint density at radius 1 is 1.43 bits per heavy atom. The molecule has 0 aromatic rings. The molecule has 0 N–H and O–H groups in total. The lowest BCUT2D eigenvalue weighted by molar-refractivity contribution is -0.908. The number of quaternary nitrogens is 1. The van der Waals surface area contributed by atoms with Crippen LogP contribution in [0.1, 0.15) is 27.2 Å². The summed E-state index contributed by atoms with van der Waals surface area (Å²) in [6.07, 6.45) is 1.02. The molecule has 0 unspecified atom stereocenters. The molecule has 1 aliphatic rings. The summed E-state index contributed by atoms with van der Waals surface area (Å²) in [6.45, 7) is 9.40. The van der Waals surface area contributed by atoms with Crippen LogP contribution < -0.4 is 0 Å². The Morgan fingerprint density at radius 2 is 2.00 bits per heavy atom. The van der Waals surface area contributed by atoms with E-state index in [4.69, 9.17) is 4.74 Å². The number of carbonyl (C=O) groups excluding carboxylic acids is 1. The smallest absolute Gasteiger partial charge is 0.315 e. The van der Waals surface area contributed by atoms with E-state index in [1.165, 1.54) is 0 Å². The second-order valence-electron chi connectivity index (χ2n) is 4.61. The summed E-state index contributed by atoms with van der Waals surface area (Å²) in [7, 11) is 2.20. The van der Waals surface area contributed by atoms with E-state index in [9.17, 15) is 4.79 Å². The minimum atomic E-state index is 0.00347. The van der Waals surface area contributed by atoms with Crippen LogP contribution in [0.4, 0.5) is 0 Å². The van der Waals surface area contributed by atoms with Gasteiger partial charge in [0.1, 0.15) is 12.0 Å². The molecule has 2 atom stereocenters. The number of hydrogen-bond acceptors (Lipinski definition) is 2. The number of carbonyl (C=O) groups is 1. The Bertz CT molecular complexity index is 211. The van der Waals surface area contributed by atoms with E-state index in [-0.39, 0.29) is 18.0 Å². The van der Waals surface area contributed by atoms with E-state index in [0.29, 0.717) is 0 Å². The van der Waals surface area contributed by atoms with Crippen molar-refractivity contribution in [3.05, 3.63) is 0 Å². The van der Waals surface area contributed by atoms with E-state index in [1.807, 2.05) is 6.92 Å². The van der Waals surface area contributed by atoms with E-state index < -0.39 is 0 Å². The zero-order valence-corrected chi connectivity index (χ0v) is 9.75. The molecule has 0 saturated carbocycles. The lowest BCUT2D eigenvalue weighted by Gasteiger charge is -2.33. The molecule has 14 heavy (non-hydrogen) atoms. The van der Waals surface area contributed by atoms with E-state index in [0.717, 1.165) is 30.5 Å². The highest BCUT2D eigenvalue weighted by Gasteiger charge is 2.37. The van der Waals surface area contributed by atoms with Gasteiger partial charge in [-0.2, -0.15) is 0 Å². The largest absolute Gasteiger partial charge is 0.462 e. The van der Waals surface area contributed by atoms with Crippen LogP contribution in [0.3, 0.4) is 0 Å². The minimum Gasteiger partial charge on any atom is -0.462 e. The third-order valence-corrected chi connectivity index (χ3v) is 3.46. The van der Waals surface area contributed by atoms with Crippen LogP contribution in [-0.4, -0.2) is 43.2 Å². The minimum absolute atomic E-state index is 0.00347. The maximum atomic E-state index is 11.5. The summed E-state index contributed by atoms with van der Waals surface area (Å²) in [5.74, 6) is 0.124. The number of hydrogen-bond donors (Lipinski definition) is 0. The Labute approximate surface area is 86.6 Å². The quantitative estimate of drug-likeness (QED) is 0.507. The van der Waals surface area contributed by atoms with E-state index >= 15 is 0 Å². The molecular weight excluding hydrogens is 178 g/mol. The van der Waals surface area contributed by atoms with Gasteiger partial charge in [0.15, 0.2) is 0 Å². The third kappa shape index (κ3) is 2.47. The zero-order valence-electron chi connectivity index (χ0n) is 9.75. The summed E-state index contributed by atoms with van der Waals surface area (Å²) in [5, 5.41) is 0. The van der Waals surface area contributed by atoms with Crippen molar-refractivity contribution in [1.82, 2.24) is 0 Å². The summed E-state index contributed by atoms with van der Waals surface area (Å²) in [5.41, 5.74) is 0. The second-order valence-corrected chi connectivity index (χ2v) is 4.61. The lowest BCUT2D eigenvalue weighted by atomic mass is 10.0. The molecule has 0 amide bonds. The number of ether oxygens (including phenoxy) is 1. The van der Waals surface area contributed by atoms with Gasteiger partial charge >= 0.3 is 5.97 Å². The average molecular weight is 200 g/mol. The summed E-state index contributed by atoms with van der Waals surface area (Å²) in [4.78, 5) is 11.5. The molecule has 0 aliphatic carbocycles. The van der Waals surface area contributed by atoms with Gasteiger partial charge in [-0.25, -0.2) is 0 Å². The van der Waals surface area contributed by atoms with Crippen LogP contribution in [-0.2, 0) is 9.53 Å². The van der Waals surface area contributed by atoms with E-state index in [2.05, 4.69) is 20.9 Å². The first-order valence-electron chi connectivity index (χ1n) is 5.54. The van der Waals surface area contributed by atoms with Crippen LogP contribution in [0.25, 0.3) is 0 Å². The highest BCUT2D eigenvalue weighted by molar-refractivity contribution is 5.74. The lowest BCUT2D eigenvalue weighted by Crippen LogP contribution is -2.47. The Morgan fingerprint density at radius 3 is 2.36 bits per heavy atom. The van der Waals surface area contributed by atoms with Gasteiger partial charge in [-0.1, -0.05) is 0 Å². The Hall–Kier alpha value is -0.570. The molecule has 3 heteroatoms. The number of esters is 1. The second kappa shape index (κ2) is 4.30. The van der Waals surface area contributed by atoms with Crippen LogP contribution in [0.15, 0.2) is 0 Å². The molecule has 82 valence electrons. The van der Waals surface area contributed by atoms with Gasteiger partial charge in [-0.15, -0.1) is 0 Å². The first kappa shape index (κ1) is 11.5. The molecule has 0 bridgehead atoms. The van der Waals surface area contributed by atoms with Gasteiger partial charge in [-0.05, 0) is 20.8 Å². The van der Waals surface area contributed by atoms with Crippen LogP contribution in [0.5, 0.6) is 0 Å². The fraction of sp³-hybridized carbons (Fsp3) is 0.909. The molecule has 1 saturated heterocycles. The zero-order chi connectivity index (χ0) is 10.8. The molecule has 3 nitrogen and oxygen atoms in total. The third-order valence-electron chi connectivity index (χ3n) is 3.46. The maximum absolute atomic E-state index is 11.5. The van der Waals surface area contributed by atoms with Crippen molar-refractivity contribution in [1.29, 1.82) is 0 Å². The van der Waals surface area contributed by atoms with Crippen molar-refractivity contribution in [2.24, 2.45) is 5.92 Å². The average Bonchev–Trinajstić information content (AvgIpc) is 2.45. The Balaban J connectivity index is 2.55. The highest BCUT2D eigenvalue weighted by Crippen LogP contribution is 2.23. The maximum Gasteiger partial charge on any atom is 0.315 e. The van der Waals surface area contributed by atoms with Crippen molar-refractivity contribution in [3.8, 4) is 0 Å². The molecule has 0 aromatic carbocycles.